The van der Waals surface area contributed by atoms with Gasteiger partial charge in [0.25, 0.3) is 0 Å². The van der Waals surface area contributed by atoms with E-state index in [1.54, 1.807) is 6.07 Å². The Hall–Kier alpha value is -2.23. The number of phenols is 1. The molecule has 0 saturated heterocycles. The number of hydrogen-bond donors (Lipinski definition) is 2. The fraction of sp³-hybridized carbons (Fsp3) is 0.312. The number of nitrogens with one attached hydrogen (secondary N) is 1. The standard InChI is InChI=1S/C16H21N3O/c1-4-14(13-7-5-6-8-15(13)20)18-12-9-10-16(17-11-12)19(2)3/h5-11,14,18,20H,4H2,1-3H3. The van der Waals surface area contributed by atoms with Crippen LogP contribution in [0.25, 0.3) is 0 Å². The van der Waals surface area contributed by atoms with Crippen LogP contribution in [-0.2, 0) is 0 Å². The van der Waals surface area contributed by atoms with Crippen LogP contribution in [0.3, 0.4) is 0 Å². The van der Waals surface area contributed by atoms with E-state index in [1.165, 1.54) is 0 Å². The van der Waals surface area contributed by atoms with Crippen LogP contribution in [-0.4, -0.2) is 24.2 Å². The molecule has 4 heteroatoms. The molecule has 1 aromatic heterocycles. The summed E-state index contributed by atoms with van der Waals surface area (Å²) in [5.74, 6) is 1.25. The molecule has 0 aliphatic rings. The van der Waals surface area contributed by atoms with Crippen LogP contribution in [0.4, 0.5) is 11.5 Å². The van der Waals surface area contributed by atoms with Gasteiger partial charge in [0.1, 0.15) is 11.6 Å². The summed E-state index contributed by atoms with van der Waals surface area (Å²) < 4.78 is 0. The molecule has 2 aromatic rings. The molecule has 0 saturated carbocycles. The van der Waals surface area contributed by atoms with Crippen molar-refractivity contribution in [1.82, 2.24) is 4.98 Å². The highest BCUT2D eigenvalue weighted by atomic mass is 16.3. The zero-order valence-electron chi connectivity index (χ0n) is 12.2. The first-order chi connectivity index (χ1) is 9.61. The number of nitrogens with zero attached hydrogens (tertiary/aromatic N) is 2. The van der Waals surface area contributed by atoms with Crippen LogP contribution < -0.4 is 10.2 Å². The number of phenolic OH excluding ortho intramolecular Hbond substituents is 1. The Morgan fingerprint density at radius 3 is 2.50 bits per heavy atom. The van der Waals surface area contributed by atoms with Gasteiger partial charge in [-0.1, -0.05) is 25.1 Å². The van der Waals surface area contributed by atoms with Crippen LogP contribution in [0, 0.1) is 0 Å². The molecule has 106 valence electrons. The fourth-order valence-corrected chi connectivity index (χ4v) is 2.12. The van der Waals surface area contributed by atoms with E-state index in [2.05, 4.69) is 17.2 Å². The molecule has 0 aliphatic carbocycles. The average Bonchev–Trinajstić information content (AvgIpc) is 2.46. The molecule has 4 nitrogen and oxygen atoms in total. The number of hydrogen-bond acceptors (Lipinski definition) is 4. The molecule has 0 bridgehead atoms. The maximum atomic E-state index is 9.94. The molecule has 0 aliphatic heterocycles. The minimum absolute atomic E-state index is 0.0724. The van der Waals surface area contributed by atoms with E-state index in [9.17, 15) is 5.11 Å². The van der Waals surface area contributed by atoms with Gasteiger partial charge in [0, 0.05) is 19.7 Å². The lowest BCUT2D eigenvalue weighted by molar-refractivity contribution is 0.463. The summed E-state index contributed by atoms with van der Waals surface area (Å²) in [5.41, 5.74) is 1.86. The van der Waals surface area contributed by atoms with Crippen LogP contribution >= 0.6 is 0 Å². The molecule has 1 unspecified atom stereocenters. The fourth-order valence-electron chi connectivity index (χ4n) is 2.12. The van der Waals surface area contributed by atoms with E-state index in [0.29, 0.717) is 5.75 Å². The lowest BCUT2D eigenvalue weighted by Crippen LogP contribution is -2.12. The van der Waals surface area contributed by atoms with Crippen molar-refractivity contribution in [2.75, 3.05) is 24.3 Å². The van der Waals surface area contributed by atoms with Gasteiger partial charge in [0.2, 0.25) is 0 Å². The zero-order valence-corrected chi connectivity index (χ0v) is 12.2. The molecule has 2 rings (SSSR count). The average molecular weight is 271 g/mol. The van der Waals surface area contributed by atoms with Gasteiger partial charge >= 0.3 is 0 Å². The van der Waals surface area contributed by atoms with E-state index in [4.69, 9.17) is 0 Å². The van der Waals surface area contributed by atoms with E-state index < -0.39 is 0 Å². The Morgan fingerprint density at radius 1 is 1.20 bits per heavy atom. The second-order valence-electron chi connectivity index (χ2n) is 4.96. The second-order valence-corrected chi connectivity index (χ2v) is 4.96. The summed E-state index contributed by atoms with van der Waals surface area (Å²) in [6.07, 6.45) is 2.70. The molecular weight excluding hydrogens is 250 g/mol. The monoisotopic (exact) mass is 271 g/mol. The SMILES string of the molecule is CCC(Nc1ccc(N(C)C)nc1)c1ccccc1O. The molecular formula is C16H21N3O. The third-order valence-electron chi connectivity index (χ3n) is 3.27. The highest BCUT2D eigenvalue weighted by Gasteiger charge is 2.13. The molecule has 0 fully saturated rings. The Labute approximate surface area is 120 Å². The van der Waals surface area contributed by atoms with Crippen molar-refractivity contribution in [3.05, 3.63) is 48.2 Å². The number of anilines is 2. The molecule has 2 N–H and O–H groups in total. The number of aromatic nitrogens is 1. The Kier molecular flexibility index (Phi) is 4.45. The number of pyridine rings is 1. The minimum atomic E-state index is 0.0724. The first-order valence-corrected chi connectivity index (χ1v) is 6.79. The van der Waals surface area contributed by atoms with Gasteiger partial charge in [-0.2, -0.15) is 0 Å². The van der Waals surface area contributed by atoms with Gasteiger partial charge in [-0.3, -0.25) is 0 Å². The summed E-state index contributed by atoms with van der Waals surface area (Å²) in [6, 6.07) is 11.5. The quantitative estimate of drug-likeness (QED) is 0.875. The van der Waals surface area contributed by atoms with E-state index >= 15 is 0 Å². The van der Waals surface area contributed by atoms with Crippen molar-refractivity contribution < 1.29 is 5.11 Å². The molecule has 0 amide bonds. The zero-order chi connectivity index (χ0) is 14.5. The first kappa shape index (κ1) is 14.2. The van der Waals surface area contributed by atoms with Crippen LogP contribution in [0.15, 0.2) is 42.6 Å². The van der Waals surface area contributed by atoms with E-state index in [-0.39, 0.29) is 6.04 Å². The normalized spacial score (nSPS) is 11.9. The molecule has 0 radical (unpaired) electrons. The Bertz CT molecular complexity index is 552. The largest absolute Gasteiger partial charge is 0.508 e. The third-order valence-corrected chi connectivity index (χ3v) is 3.27. The van der Waals surface area contributed by atoms with Gasteiger partial charge in [-0.05, 0) is 24.6 Å². The molecule has 1 aromatic carbocycles. The maximum Gasteiger partial charge on any atom is 0.128 e. The molecule has 1 atom stereocenters. The highest BCUT2D eigenvalue weighted by Crippen LogP contribution is 2.29. The van der Waals surface area contributed by atoms with E-state index in [1.807, 2.05) is 55.5 Å². The van der Waals surface area contributed by atoms with E-state index in [0.717, 1.165) is 23.5 Å². The number of benzene rings is 1. The van der Waals surface area contributed by atoms with Crippen molar-refractivity contribution in [3.8, 4) is 5.75 Å². The first-order valence-electron chi connectivity index (χ1n) is 6.79. The molecule has 20 heavy (non-hydrogen) atoms. The van der Waals surface area contributed by atoms with Crippen molar-refractivity contribution in [2.24, 2.45) is 0 Å². The Balaban J connectivity index is 2.16. The predicted molar refractivity (Wildman–Crippen MR) is 83.3 cm³/mol. The predicted octanol–water partition coefficient (Wildman–Crippen LogP) is 3.42. The lowest BCUT2D eigenvalue weighted by atomic mass is 10.0. The summed E-state index contributed by atoms with van der Waals surface area (Å²) in [6.45, 7) is 2.09. The number of para-hydroxylation sites is 1. The molecule has 0 spiro atoms. The lowest BCUT2D eigenvalue weighted by Gasteiger charge is -2.20. The van der Waals surface area contributed by atoms with Gasteiger partial charge < -0.3 is 15.3 Å². The van der Waals surface area contributed by atoms with Crippen molar-refractivity contribution >= 4 is 11.5 Å². The van der Waals surface area contributed by atoms with Crippen LogP contribution in [0.2, 0.25) is 0 Å². The smallest absolute Gasteiger partial charge is 0.128 e. The van der Waals surface area contributed by atoms with Crippen molar-refractivity contribution in [1.29, 1.82) is 0 Å². The van der Waals surface area contributed by atoms with Gasteiger partial charge in [0.15, 0.2) is 0 Å². The topological polar surface area (TPSA) is 48.4 Å². The Morgan fingerprint density at radius 2 is 1.95 bits per heavy atom. The van der Waals surface area contributed by atoms with Crippen LogP contribution in [0.5, 0.6) is 5.75 Å². The maximum absolute atomic E-state index is 9.94. The molecule has 1 heterocycles. The van der Waals surface area contributed by atoms with Crippen molar-refractivity contribution in [2.45, 2.75) is 19.4 Å². The van der Waals surface area contributed by atoms with Gasteiger partial charge in [-0.25, -0.2) is 4.98 Å². The van der Waals surface area contributed by atoms with Gasteiger partial charge in [0.05, 0.1) is 17.9 Å². The third kappa shape index (κ3) is 3.20. The second kappa shape index (κ2) is 6.28. The minimum Gasteiger partial charge on any atom is -0.508 e. The summed E-state index contributed by atoms with van der Waals surface area (Å²) >= 11 is 0. The van der Waals surface area contributed by atoms with Gasteiger partial charge in [-0.15, -0.1) is 0 Å². The highest BCUT2D eigenvalue weighted by molar-refractivity contribution is 5.50. The number of rotatable bonds is 5. The summed E-state index contributed by atoms with van der Waals surface area (Å²) in [5, 5.41) is 13.4. The summed E-state index contributed by atoms with van der Waals surface area (Å²) in [4.78, 5) is 6.34. The number of aromatic hydroxyl groups is 1. The van der Waals surface area contributed by atoms with Crippen molar-refractivity contribution in [3.63, 3.8) is 0 Å². The van der Waals surface area contributed by atoms with Crippen LogP contribution in [0.1, 0.15) is 24.9 Å². The summed E-state index contributed by atoms with van der Waals surface area (Å²) in [7, 11) is 3.93.